The highest BCUT2D eigenvalue weighted by atomic mass is 16.6. The van der Waals surface area contributed by atoms with Gasteiger partial charge in [0.05, 0.1) is 12.6 Å². The molecule has 2 heterocycles. The fourth-order valence-corrected chi connectivity index (χ4v) is 1.85. The summed E-state index contributed by atoms with van der Waals surface area (Å²) in [6.45, 7) is -0.383. The average molecular weight is 219 g/mol. The zero-order valence-electron chi connectivity index (χ0n) is 7.87. The molecule has 2 rings (SSSR count). The molecule has 0 aromatic heterocycles. The molecule has 0 spiro atoms. The van der Waals surface area contributed by atoms with Crippen LogP contribution in [0.1, 0.15) is 0 Å². The lowest BCUT2D eigenvalue weighted by molar-refractivity contribution is -0.208. The van der Waals surface area contributed by atoms with E-state index in [1.54, 1.807) is 0 Å². The molecule has 2 aliphatic heterocycles. The smallest absolute Gasteiger partial charge is 0.407 e. The van der Waals surface area contributed by atoms with Gasteiger partial charge in [0.15, 0.2) is 0 Å². The van der Waals surface area contributed by atoms with Gasteiger partial charge in [-0.3, -0.25) is 0 Å². The standard InChI is InChI=1S/C8H13NO6/c10-1-3-6(11)7(12)5-4(15-3)2-14-8(13)9-5/h3-7,10-12H,1-2H2,(H,9,13)/t3?,4-,5?,6?,7?/m1/s1. The SMILES string of the molecule is O=C1NC2C(O)C(O)C(CO)O[C@@H]2CO1. The van der Waals surface area contributed by atoms with Crippen LogP contribution in [-0.4, -0.2) is 65.1 Å². The summed E-state index contributed by atoms with van der Waals surface area (Å²) in [7, 11) is 0. The molecule has 15 heavy (non-hydrogen) atoms. The van der Waals surface area contributed by atoms with Crippen molar-refractivity contribution in [2.24, 2.45) is 0 Å². The van der Waals surface area contributed by atoms with Crippen LogP contribution in [0.3, 0.4) is 0 Å². The van der Waals surface area contributed by atoms with Crippen LogP contribution in [0.2, 0.25) is 0 Å². The van der Waals surface area contributed by atoms with Gasteiger partial charge >= 0.3 is 6.09 Å². The molecule has 0 aliphatic carbocycles. The van der Waals surface area contributed by atoms with E-state index in [-0.39, 0.29) is 6.61 Å². The first-order valence-electron chi connectivity index (χ1n) is 4.69. The number of aliphatic hydroxyl groups excluding tert-OH is 3. The number of amides is 1. The monoisotopic (exact) mass is 219 g/mol. The molecule has 0 radical (unpaired) electrons. The van der Waals surface area contributed by atoms with Gasteiger partial charge in [-0.15, -0.1) is 0 Å². The Morgan fingerprint density at radius 3 is 2.80 bits per heavy atom. The summed E-state index contributed by atoms with van der Waals surface area (Å²) in [6.07, 6.45) is -4.41. The second-order valence-corrected chi connectivity index (χ2v) is 3.65. The number of nitrogens with one attached hydrogen (secondary N) is 1. The van der Waals surface area contributed by atoms with Gasteiger partial charge < -0.3 is 30.1 Å². The molecule has 4 N–H and O–H groups in total. The lowest BCUT2D eigenvalue weighted by Crippen LogP contribution is -2.67. The van der Waals surface area contributed by atoms with E-state index in [0.717, 1.165) is 0 Å². The Balaban J connectivity index is 2.11. The van der Waals surface area contributed by atoms with Crippen LogP contribution in [0.5, 0.6) is 0 Å². The predicted molar refractivity (Wildman–Crippen MR) is 46.0 cm³/mol. The highest BCUT2D eigenvalue weighted by molar-refractivity contribution is 5.68. The topological polar surface area (TPSA) is 108 Å². The zero-order chi connectivity index (χ0) is 11.0. The number of carbonyl (C=O) groups is 1. The van der Waals surface area contributed by atoms with Crippen LogP contribution >= 0.6 is 0 Å². The molecule has 2 saturated heterocycles. The van der Waals surface area contributed by atoms with Crippen molar-refractivity contribution in [3.05, 3.63) is 0 Å². The van der Waals surface area contributed by atoms with E-state index >= 15 is 0 Å². The molecule has 7 heteroatoms. The van der Waals surface area contributed by atoms with Gasteiger partial charge in [-0.1, -0.05) is 0 Å². The summed E-state index contributed by atoms with van der Waals surface area (Å²) < 4.78 is 9.95. The lowest BCUT2D eigenvalue weighted by atomic mass is 9.92. The summed E-state index contributed by atoms with van der Waals surface area (Å²) in [6, 6.07) is -0.691. The molecule has 86 valence electrons. The van der Waals surface area contributed by atoms with Crippen LogP contribution in [0.25, 0.3) is 0 Å². The largest absolute Gasteiger partial charge is 0.447 e. The Kier molecular flexibility index (Phi) is 2.79. The maximum Gasteiger partial charge on any atom is 0.407 e. The van der Waals surface area contributed by atoms with Gasteiger partial charge in [-0.25, -0.2) is 4.79 Å². The molecule has 4 unspecified atom stereocenters. The fraction of sp³-hybridized carbons (Fsp3) is 0.875. The Labute approximate surface area is 85.6 Å². The molecule has 0 aromatic carbocycles. The molecule has 0 saturated carbocycles. The summed E-state index contributed by atoms with van der Waals surface area (Å²) in [5.74, 6) is 0. The van der Waals surface area contributed by atoms with Gasteiger partial charge in [0, 0.05) is 0 Å². The number of alkyl carbamates (subject to hydrolysis) is 1. The van der Waals surface area contributed by atoms with Crippen LogP contribution in [0, 0.1) is 0 Å². The van der Waals surface area contributed by atoms with Crippen molar-refractivity contribution in [3.8, 4) is 0 Å². The maximum atomic E-state index is 10.9. The van der Waals surface area contributed by atoms with Gasteiger partial charge in [0.25, 0.3) is 0 Å². The molecule has 2 fully saturated rings. The highest BCUT2D eigenvalue weighted by Crippen LogP contribution is 2.23. The van der Waals surface area contributed by atoms with Gasteiger partial charge in [0.1, 0.15) is 31.0 Å². The van der Waals surface area contributed by atoms with Crippen LogP contribution in [0.15, 0.2) is 0 Å². The number of hydrogen-bond acceptors (Lipinski definition) is 6. The molecular weight excluding hydrogens is 206 g/mol. The number of fused-ring (bicyclic) bond motifs is 1. The average Bonchev–Trinajstić information content (AvgIpc) is 2.24. The second-order valence-electron chi connectivity index (χ2n) is 3.65. The number of aliphatic hydroxyl groups is 3. The van der Waals surface area contributed by atoms with E-state index in [1.807, 2.05) is 0 Å². The van der Waals surface area contributed by atoms with E-state index in [9.17, 15) is 15.0 Å². The van der Waals surface area contributed by atoms with Crippen LogP contribution in [0.4, 0.5) is 4.79 Å². The van der Waals surface area contributed by atoms with Crippen molar-refractivity contribution in [2.75, 3.05) is 13.2 Å². The summed E-state index contributed by atoms with van der Waals surface area (Å²) in [4.78, 5) is 10.9. The molecule has 5 atom stereocenters. The lowest BCUT2D eigenvalue weighted by Gasteiger charge is -2.44. The van der Waals surface area contributed by atoms with Crippen molar-refractivity contribution in [2.45, 2.75) is 30.5 Å². The quantitative estimate of drug-likeness (QED) is 0.391. The van der Waals surface area contributed by atoms with Crippen molar-refractivity contribution in [1.82, 2.24) is 5.32 Å². The van der Waals surface area contributed by atoms with E-state index in [2.05, 4.69) is 10.1 Å². The van der Waals surface area contributed by atoms with Gasteiger partial charge in [-0.2, -0.15) is 0 Å². The number of ether oxygens (including phenoxy) is 2. The number of hydrogen-bond donors (Lipinski definition) is 4. The number of cyclic esters (lactones) is 1. The Bertz CT molecular complexity index is 258. The van der Waals surface area contributed by atoms with Crippen molar-refractivity contribution in [1.29, 1.82) is 0 Å². The summed E-state index contributed by atoms with van der Waals surface area (Å²) in [5.41, 5.74) is 0. The number of rotatable bonds is 1. The van der Waals surface area contributed by atoms with E-state index < -0.39 is 43.2 Å². The third kappa shape index (κ3) is 1.78. The van der Waals surface area contributed by atoms with Crippen molar-refractivity contribution < 1.29 is 29.6 Å². The Morgan fingerprint density at radius 2 is 2.13 bits per heavy atom. The minimum absolute atomic E-state index is 0.0107. The van der Waals surface area contributed by atoms with E-state index in [0.29, 0.717) is 0 Å². The maximum absolute atomic E-state index is 10.9. The second kappa shape index (κ2) is 3.93. The molecule has 0 bridgehead atoms. The van der Waals surface area contributed by atoms with E-state index in [4.69, 9.17) is 9.84 Å². The van der Waals surface area contributed by atoms with E-state index in [1.165, 1.54) is 0 Å². The Morgan fingerprint density at radius 1 is 1.40 bits per heavy atom. The zero-order valence-corrected chi connectivity index (χ0v) is 7.87. The predicted octanol–water partition coefficient (Wildman–Crippen LogP) is -2.42. The van der Waals surface area contributed by atoms with Crippen LogP contribution in [-0.2, 0) is 9.47 Å². The first kappa shape index (κ1) is 10.6. The normalized spacial score (nSPS) is 45.3. The highest BCUT2D eigenvalue weighted by Gasteiger charge is 2.47. The number of carbonyl (C=O) groups excluding carboxylic acids is 1. The van der Waals surface area contributed by atoms with Gasteiger partial charge in [0.2, 0.25) is 0 Å². The summed E-state index contributed by atoms with van der Waals surface area (Å²) >= 11 is 0. The first-order chi connectivity index (χ1) is 7.13. The molecular formula is C8H13NO6. The van der Waals surface area contributed by atoms with Crippen LogP contribution < -0.4 is 5.32 Å². The molecule has 7 nitrogen and oxygen atoms in total. The molecule has 2 aliphatic rings. The van der Waals surface area contributed by atoms with Gasteiger partial charge in [-0.05, 0) is 0 Å². The summed E-state index contributed by atoms with van der Waals surface area (Å²) in [5, 5.41) is 30.5. The molecule has 0 aromatic rings. The van der Waals surface area contributed by atoms with Crippen molar-refractivity contribution in [3.63, 3.8) is 0 Å². The Hall–Kier alpha value is -0.890. The minimum Gasteiger partial charge on any atom is -0.447 e. The molecule has 1 amide bonds. The third-order valence-corrected chi connectivity index (χ3v) is 2.69. The fourth-order valence-electron chi connectivity index (χ4n) is 1.85. The minimum atomic E-state index is -1.21. The first-order valence-corrected chi connectivity index (χ1v) is 4.69. The third-order valence-electron chi connectivity index (χ3n) is 2.69. The van der Waals surface area contributed by atoms with Crippen molar-refractivity contribution >= 4 is 6.09 Å².